The van der Waals surface area contributed by atoms with Gasteiger partial charge in [0.2, 0.25) is 5.91 Å². The molecule has 0 saturated carbocycles. The van der Waals surface area contributed by atoms with Crippen LogP contribution < -0.4 is 10.2 Å². The van der Waals surface area contributed by atoms with Gasteiger partial charge < -0.3 is 15.1 Å². The lowest BCUT2D eigenvalue weighted by molar-refractivity contribution is -0.134. The van der Waals surface area contributed by atoms with Crippen molar-refractivity contribution in [2.75, 3.05) is 31.1 Å². The van der Waals surface area contributed by atoms with Crippen molar-refractivity contribution < 1.29 is 9.59 Å². The van der Waals surface area contributed by atoms with Crippen LogP contribution in [0.4, 0.5) is 5.13 Å². The number of thiazole rings is 1. The van der Waals surface area contributed by atoms with Crippen molar-refractivity contribution in [1.29, 1.82) is 0 Å². The fraction of sp³-hybridized carbons (Fsp3) is 0.391. The van der Waals surface area contributed by atoms with Crippen LogP contribution in [0.5, 0.6) is 0 Å². The number of nitrogens with zero attached hydrogens (tertiary/aromatic N) is 4. The third-order valence-electron chi connectivity index (χ3n) is 5.52. The first-order chi connectivity index (χ1) is 14.9. The van der Waals surface area contributed by atoms with E-state index in [2.05, 4.69) is 20.2 Å². The Morgan fingerprint density at radius 3 is 2.55 bits per heavy atom. The second kappa shape index (κ2) is 9.01. The van der Waals surface area contributed by atoms with Crippen LogP contribution in [0.3, 0.4) is 0 Å². The first-order valence-corrected chi connectivity index (χ1v) is 11.4. The number of carbonyl (C=O) groups excluding carboxylic acids is 2. The zero-order chi connectivity index (χ0) is 22.0. The van der Waals surface area contributed by atoms with E-state index in [-0.39, 0.29) is 17.7 Å². The lowest BCUT2D eigenvalue weighted by atomic mass is 10.0. The predicted octanol–water partition coefficient (Wildman–Crippen LogP) is 3.10. The molecule has 1 aromatic carbocycles. The number of hydrogen-bond donors (Lipinski definition) is 1. The van der Waals surface area contributed by atoms with Crippen LogP contribution in [0.2, 0.25) is 0 Å². The normalized spacial score (nSPS) is 15.4. The minimum absolute atomic E-state index is 0.00498. The van der Waals surface area contributed by atoms with Crippen LogP contribution in [-0.4, -0.2) is 58.9 Å². The van der Waals surface area contributed by atoms with Crippen molar-refractivity contribution >= 4 is 38.6 Å². The number of amides is 2. The third kappa shape index (κ3) is 4.69. The highest BCUT2D eigenvalue weighted by molar-refractivity contribution is 7.21. The molecule has 2 amide bonds. The summed E-state index contributed by atoms with van der Waals surface area (Å²) in [4.78, 5) is 40.0. The molecule has 3 aromatic rings. The van der Waals surface area contributed by atoms with Gasteiger partial charge in [-0.2, -0.15) is 0 Å². The average Bonchev–Trinajstić information content (AvgIpc) is 3.21. The van der Waals surface area contributed by atoms with Crippen LogP contribution in [0.1, 0.15) is 29.8 Å². The SMILES string of the molecule is Cc1cccc(C(=O)NC(C(=O)N2CCN(c3nc4cccnc4s3)CC2)C(C)C)c1. The largest absolute Gasteiger partial charge is 0.344 e. The Labute approximate surface area is 186 Å². The Morgan fingerprint density at radius 2 is 1.87 bits per heavy atom. The molecule has 2 aromatic heterocycles. The second-order valence-corrected chi connectivity index (χ2v) is 9.16. The third-order valence-corrected chi connectivity index (χ3v) is 6.56. The molecule has 1 unspecified atom stereocenters. The van der Waals surface area contributed by atoms with Crippen molar-refractivity contribution in [2.45, 2.75) is 26.8 Å². The van der Waals surface area contributed by atoms with E-state index >= 15 is 0 Å². The van der Waals surface area contributed by atoms with Crippen molar-refractivity contribution in [3.8, 4) is 0 Å². The molecule has 1 aliphatic heterocycles. The maximum atomic E-state index is 13.2. The predicted molar refractivity (Wildman–Crippen MR) is 123 cm³/mol. The molecule has 1 N–H and O–H groups in total. The van der Waals surface area contributed by atoms with E-state index < -0.39 is 6.04 Å². The van der Waals surface area contributed by atoms with Gasteiger partial charge in [-0.1, -0.05) is 42.9 Å². The van der Waals surface area contributed by atoms with Crippen molar-refractivity contribution in [1.82, 2.24) is 20.2 Å². The van der Waals surface area contributed by atoms with Crippen LogP contribution in [-0.2, 0) is 4.79 Å². The zero-order valence-electron chi connectivity index (χ0n) is 18.0. The Hall–Kier alpha value is -3.00. The number of fused-ring (bicyclic) bond motifs is 1. The molecule has 7 nitrogen and oxygen atoms in total. The zero-order valence-corrected chi connectivity index (χ0v) is 18.9. The van der Waals surface area contributed by atoms with E-state index in [0.717, 1.165) is 21.0 Å². The smallest absolute Gasteiger partial charge is 0.251 e. The molecule has 3 heterocycles. The first kappa shape index (κ1) is 21.2. The topological polar surface area (TPSA) is 78.4 Å². The number of rotatable bonds is 5. The molecule has 0 bridgehead atoms. The van der Waals surface area contributed by atoms with Gasteiger partial charge in [-0.3, -0.25) is 9.59 Å². The van der Waals surface area contributed by atoms with Gasteiger partial charge >= 0.3 is 0 Å². The van der Waals surface area contributed by atoms with Crippen LogP contribution >= 0.6 is 11.3 Å². The number of aromatic nitrogens is 2. The molecule has 31 heavy (non-hydrogen) atoms. The molecular formula is C23H27N5O2S. The molecule has 4 rings (SSSR count). The number of piperazine rings is 1. The number of pyridine rings is 1. The summed E-state index contributed by atoms with van der Waals surface area (Å²) < 4.78 is 0. The standard InChI is InChI=1S/C23H27N5O2S/c1-15(2)19(26-20(29)17-7-4-6-16(3)14-17)22(30)27-10-12-28(13-11-27)23-25-18-8-5-9-24-21(18)31-23/h4-9,14-15,19H,10-13H2,1-3H3,(H,26,29). The van der Waals surface area contributed by atoms with Gasteiger partial charge in [-0.05, 0) is 37.1 Å². The maximum absolute atomic E-state index is 13.2. The number of anilines is 1. The van der Waals surface area contributed by atoms with Crippen molar-refractivity contribution in [3.63, 3.8) is 0 Å². The summed E-state index contributed by atoms with van der Waals surface area (Å²) in [5.41, 5.74) is 2.49. The van der Waals surface area contributed by atoms with Gasteiger partial charge in [-0.15, -0.1) is 0 Å². The van der Waals surface area contributed by atoms with Gasteiger partial charge in [-0.25, -0.2) is 9.97 Å². The van der Waals surface area contributed by atoms with E-state index in [9.17, 15) is 9.59 Å². The average molecular weight is 438 g/mol. The lowest BCUT2D eigenvalue weighted by Crippen LogP contribution is -2.56. The van der Waals surface area contributed by atoms with Crippen LogP contribution in [0.15, 0.2) is 42.6 Å². The number of carbonyl (C=O) groups is 2. The first-order valence-electron chi connectivity index (χ1n) is 10.5. The molecular weight excluding hydrogens is 410 g/mol. The minimum atomic E-state index is -0.550. The Bertz CT molecular complexity index is 1060. The summed E-state index contributed by atoms with van der Waals surface area (Å²) in [5, 5.41) is 3.89. The van der Waals surface area contributed by atoms with Gasteiger partial charge in [0.05, 0.1) is 0 Å². The molecule has 1 saturated heterocycles. The van der Waals surface area contributed by atoms with Gasteiger partial charge in [0.15, 0.2) is 5.13 Å². The second-order valence-electron chi connectivity index (χ2n) is 8.20. The molecule has 1 aliphatic rings. The number of hydrogen-bond acceptors (Lipinski definition) is 6. The van der Waals surface area contributed by atoms with E-state index in [1.54, 1.807) is 23.6 Å². The Kier molecular flexibility index (Phi) is 6.18. The summed E-state index contributed by atoms with van der Waals surface area (Å²) in [7, 11) is 0. The Balaban J connectivity index is 1.40. The number of aryl methyl sites for hydroxylation is 1. The number of benzene rings is 1. The highest BCUT2D eigenvalue weighted by atomic mass is 32.1. The van der Waals surface area contributed by atoms with Crippen molar-refractivity contribution in [3.05, 3.63) is 53.7 Å². The van der Waals surface area contributed by atoms with Gasteiger partial charge in [0.25, 0.3) is 5.91 Å². The van der Waals surface area contributed by atoms with Gasteiger partial charge in [0, 0.05) is 37.9 Å². The van der Waals surface area contributed by atoms with Crippen LogP contribution in [0, 0.1) is 12.8 Å². The van der Waals surface area contributed by atoms with E-state index in [4.69, 9.17) is 0 Å². The van der Waals surface area contributed by atoms with E-state index in [0.29, 0.717) is 31.7 Å². The van der Waals surface area contributed by atoms with Crippen molar-refractivity contribution in [2.24, 2.45) is 5.92 Å². The molecule has 162 valence electrons. The van der Waals surface area contributed by atoms with Gasteiger partial charge in [0.1, 0.15) is 16.4 Å². The summed E-state index contributed by atoms with van der Waals surface area (Å²) in [5.74, 6) is -0.243. The lowest BCUT2D eigenvalue weighted by Gasteiger charge is -2.37. The number of nitrogens with one attached hydrogen (secondary N) is 1. The monoisotopic (exact) mass is 437 g/mol. The van der Waals surface area contributed by atoms with Crippen LogP contribution in [0.25, 0.3) is 10.3 Å². The molecule has 1 atom stereocenters. The summed E-state index contributed by atoms with van der Waals surface area (Å²) in [6.07, 6.45) is 1.78. The van der Waals surface area contributed by atoms with E-state index in [1.165, 1.54) is 0 Å². The molecule has 8 heteroatoms. The molecule has 0 spiro atoms. The van der Waals surface area contributed by atoms with E-state index in [1.807, 2.05) is 56.0 Å². The minimum Gasteiger partial charge on any atom is -0.344 e. The Morgan fingerprint density at radius 1 is 1.10 bits per heavy atom. The fourth-order valence-electron chi connectivity index (χ4n) is 3.73. The fourth-order valence-corrected chi connectivity index (χ4v) is 4.69. The highest BCUT2D eigenvalue weighted by Gasteiger charge is 2.31. The molecule has 0 radical (unpaired) electrons. The quantitative estimate of drug-likeness (QED) is 0.664. The highest BCUT2D eigenvalue weighted by Crippen LogP contribution is 2.27. The molecule has 0 aliphatic carbocycles. The summed E-state index contributed by atoms with van der Waals surface area (Å²) >= 11 is 1.58. The summed E-state index contributed by atoms with van der Waals surface area (Å²) in [6, 6.07) is 10.7. The summed E-state index contributed by atoms with van der Waals surface area (Å²) in [6.45, 7) is 8.50. The molecule has 1 fully saturated rings. The maximum Gasteiger partial charge on any atom is 0.251 e.